The van der Waals surface area contributed by atoms with Crippen molar-refractivity contribution in [1.29, 1.82) is 0 Å². The molecule has 1 aromatic carbocycles. The van der Waals surface area contributed by atoms with Gasteiger partial charge in [0.05, 0.1) is 10.3 Å². The Bertz CT molecular complexity index is 944. The third-order valence-electron chi connectivity index (χ3n) is 6.47. The summed E-state index contributed by atoms with van der Waals surface area (Å²) in [4.78, 5) is 14.3. The van der Waals surface area contributed by atoms with Crippen molar-refractivity contribution in [3.05, 3.63) is 29.3 Å². The van der Waals surface area contributed by atoms with Crippen LogP contribution in [0.25, 0.3) is 0 Å². The summed E-state index contributed by atoms with van der Waals surface area (Å²) in [7, 11) is -3.42. The van der Waals surface area contributed by atoms with Crippen LogP contribution in [0.4, 0.5) is 18.9 Å². The molecule has 1 saturated carbocycles. The average molecular weight is 490 g/mol. The number of carbonyl (C=O) groups excluding carboxylic acids is 1. The molecule has 33 heavy (non-hydrogen) atoms. The monoisotopic (exact) mass is 489 g/mol. The van der Waals surface area contributed by atoms with Crippen molar-refractivity contribution >= 4 is 21.6 Å². The van der Waals surface area contributed by atoms with Crippen LogP contribution in [-0.4, -0.2) is 49.6 Å². The maximum Gasteiger partial charge on any atom is 0.416 e. The summed E-state index contributed by atoms with van der Waals surface area (Å²) in [6, 6.07) is 3.35. The summed E-state index contributed by atoms with van der Waals surface area (Å²) >= 11 is 0. The van der Waals surface area contributed by atoms with Crippen LogP contribution in [0.15, 0.2) is 18.2 Å². The summed E-state index contributed by atoms with van der Waals surface area (Å²) in [6.07, 6.45) is 0.0897. The Morgan fingerprint density at radius 1 is 1.03 bits per heavy atom. The molecule has 2 N–H and O–H groups in total. The van der Waals surface area contributed by atoms with Gasteiger partial charge in [0, 0.05) is 36.9 Å². The number of rotatable bonds is 6. The number of likely N-dealkylation sites (tertiary alicyclic amines) is 1. The van der Waals surface area contributed by atoms with E-state index >= 15 is 0 Å². The SMILES string of the molecule is CC(C)(C)S(=O)(=O)NC1CCC(CNc2cc(C(=O)N3CCCC3)cc(C(F)(F)F)c2)CC1. The number of amides is 1. The van der Waals surface area contributed by atoms with Crippen molar-refractivity contribution in [3.8, 4) is 0 Å². The molecular formula is C23H34F3N3O3S. The Morgan fingerprint density at radius 2 is 1.64 bits per heavy atom. The number of hydrogen-bond acceptors (Lipinski definition) is 4. The number of anilines is 1. The molecule has 0 spiro atoms. The second kappa shape index (κ2) is 9.82. The molecule has 10 heteroatoms. The van der Waals surface area contributed by atoms with Gasteiger partial charge < -0.3 is 10.2 Å². The number of benzene rings is 1. The minimum atomic E-state index is -4.54. The van der Waals surface area contributed by atoms with Gasteiger partial charge in [-0.15, -0.1) is 0 Å². The van der Waals surface area contributed by atoms with Crippen molar-refractivity contribution in [3.63, 3.8) is 0 Å². The van der Waals surface area contributed by atoms with E-state index in [0.717, 1.165) is 37.8 Å². The highest BCUT2D eigenvalue weighted by Gasteiger charge is 2.34. The molecule has 186 valence electrons. The zero-order chi connectivity index (χ0) is 24.4. The standard InChI is InChI=1S/C23H34F3N3O3S/c1-22(2,3)33(31,32)28-19-8-6-16(7-9-19)15-27-20-13-17(12-18(14-20)23(24,25)26)21(30)29-10-4-5-11-29/h12-14,16,19,27-28H,4-11,15H2,1-3H3. The molecule has 1 heterocycles. The third kappa shape index (κ3) is 6.62. The van der Waals surface area contributed by atoms with Crippen molar-refractivity contribution in [2.75, 3.05) is 25.0 Å². The van der Waals surface area contributed by atoms with E-state index in [1.807, 2.05) is 0 Å². The number of halogens is 3. The third-order valence-corrected chi connectivity index (χ3v) is 8.73. The topological polar surface area (TPSA) is 78.5 Å². The van der Waals surface area contributed by atoms with Crippen molar-refractivity contribution < 1.29 is 26.4 Å². The Balaban J connectivity index is 1.62. The number of alkyl halides is 3. The van der Waals surface area contributed by atoms with Gasteiger partial charge in [-0.25, -0.2) is 13.1 Å². The lowest BCUT2D eigenvalue weighted by molar-refractivity contribution is -0.137. The Kier molecular flexibility index (Phi) is 7.68. The summed E-state index contributed by atoms with van der Waals surface area (Å²) in [6.45, 7) is 6.57. The average Bonchev–Trinajstić information content (AvgIpc) is 3.25. The van der Waals surface area contributed by atoms with Gasteiger partial charge in [0.25, 0.3) is 5.91 Å². The van der Waals surface area contributed by atoms with Crippen LogP contribution in [0.1, 0.15) is 75.2 Å². The van der Waals surface area contributed by atoms with Gasteiger partial charge in [-0.05, 0) is 83.4 Å². The quantitative estimate of drug-likeness (QED) is 0.611. The van der Waals surface area contributed by atoms with E-state index in [0.29, 0.717) is 32.5 Å². The van der Waals surface area contributed by atoms with Gasteiger partial charge in [0.15, 0.2) is 0 Å². The van der Waals surface area contributed by atoms with Crippen LogP contribution >= 0.6 is 0 Å². The molecule has 2 aliphatic rings. The van der Waals surface area contributed by atoms with Crippen LogP contribution in [0, 0.1) is 5.92 Å². The molecule has 1 aliphatic heterocycles. The molecule has 0 radical (unpaired) electrons. The van der Waals surface area contributed by atoms with E-state index in [2.05, 4.69) is 10.0 Å². The summed E-state index contributed by atoms with van der Waals surface area (Å²) in [5.41, 5.74) is -0.507. The fourth-order valence-corrected chi connectivity index (χ4v) is 5.29. The summed E-state index contributed by atoms with van der Waals surface area (Å²) in [5, 5.41) is 3.09. The lowest BCUT2D eigenvalue weighted by atomic mass is 9.86. The lowest BCUT2D eigenvalue weighted by Gasteiger charge is -2.31. The predicted octanol–water partition coefficient (Wildman–Crippen LogP) is 4.63. The molecule has 2 fully saturated rings. The summed E-state index contributed by atoms with van der Waals surface area (Å²) in [5.74, 6) is -0.152. The molecule has 1 amide bonds. The second-order valence-corrected chi connectivity index (χ2v) is 12.6. The first kappa shape index (κ1) is 25.8. The highest BCUT2D eigenvalue weighted by molar-refractivity contribution is 7.90. The molecule has 0 unspecified atom stereocenters. The highest BCUT2D eigenvalue weighted by Crippen LogP contribution is 2.33. The smallest absolute Gasteiger partial charge is 0.385 e. The molecule has 1 aliphatic carbocycles. The van der Waals surface area contributed by atoms with Crippen molar-refractivity contribution in [2.45, 2.75) is 76.3 Å². The molecule has 0 atom stereocenters. The normalized spacial score (nSPS) is 22.4. The van der Waals surface area contributed by atoms with Crippen LogP contribution in [0.3, 0.4) is 0 Å². The summed E-state index contributed by atoms with van der Waals surface area (Å²) < 4.78 is 66.9. The van der Waals surface area contributed by atoms with E-state index in [4.69, 9.17) is 0 Å². The van der Waals surface area contributed by atoms with Crippen molar-refractivity contribution in [1.82, 2.24) is 9.62 Å². The fraction of sp³-hybridized carbons (Fsp3) is 0.696. The zero-order valence-electron chi connectivity index (χ0n) is 19.5. The number of nitrogens with one attached hydrogen (secondary N) is 2. The van der Waals surface area contributed by atoms with Gasteiger partial charge in [-0.1, -0.05) is 0 Å². The van der Waals surface area contributed by atoms with Crippen LogP contribution in [-0.2, 0) is 16.2 Å². The van der Waals surface area contributed by atoms with Crippen LogP contribution in [0.2, 0.25) is 0 Å². The predicted molar refractivity (Wildman–Crippen MR) is 123 cm³/mol. The Labute approximate surface area is 194 Å². The Morgan fingerprint density at radius 3 is 2.18 bits per heavy atom. The molecule has 1 saturated heterocycles. The Hall–Kier alpha value is -1.81. The molecule has 0 aromatic heterocycles. The van der Waals surface area contributed by atoms with Gasteiger partial charge in [0.2, 0.25) is 10.0 Å². The first-order valence-electron chi connectivity index (χ1n) is 11.5. The fourth-order valence-electron chi connectivity index (χ4n) is 4.26. The molecule has 3 rings (SSSR count). The van der Waals surface area contributed by atoms with Crippen LogP contribution < -0.4 is 10.0 Å². The zero-order valence-corrected chi connectivity index (χ0v) is 20.3. The maximum atomic E-state index is 13.4. The first-order chi connectivity index (χ1) is 15.3. The van der Waals surface area contributed by atoms with E-state index in [-0.39, 0.29) is 29.1 Å². The van der Waals surface area contributed by atoms with E-state index < -0.39 is 26.5 Å². The van der Waals surface area contributed by atoms with Gasteiger partial charge in [0.1, 0.15) is 0 Å². The highest BCUT2D eigenvalue weighted by atomic mass is 32.2. The molecule has 6 nitrogen and oxygen atoms in total. The van der Waals surface area contributed by atoms with Crippen LogP contribution in [0.5, 0.6) is 0 Å². The molecular weight excluding hydrogens is 455 g/mol. The van der Waals surface area contributed by atoms with Gasteiger partial charge in [-0.2, -0.15) is 13.2 Å². The number of nitrogens with zero attached hydrogens (tertiary/aromatic N) is 1. The number of sulfonamides is 1. The largest absolute Gasteiger partial charge is 0.416 e. The first-order valence-corrected chi connectivity index (χ1v) is 13.0. The van der Waals surface area contributed by atoms with E-state index in [1.165, 1.54) is 6.07 Å². The van der Waals surface area contributed by atoms with Crippen molar-refractivity contribution in [2.24, 2.45) is 5.92 Å². The minimum Gasteiger partial charge on any atom is -0.385 e. The number of carbonyl (C=O) groups is 1. The second-order valence-electron chi connectivity index (χ2n) is 10.1. The van der Waals surface area contributed by atoms with E-state index in [9.17, 15) is 26.4 Å². The number of hydrogen-bond donors (Lipinski definition) is 2. The molecule has 0 bridgehead atoms. The minimum absolute atomic E-state index is 0.0505. The molecule has 1 aromatic rings. The van der Waals surface area contributed by atoms with E-state index in [1.54, 1.807) is 25.7 Å². The lowest BCUT2D eigenvalue weighted by Crippen LogP contribution is -2.46. The maximum absolute atomic E-state index is 13.4. The van der Waals surface area contributed by atoms with Gasteiger partial charge >= 0.3 is 6.18 Å². The van der Waals surface area contributed by atoms with Gasteiger partial charge in [-0.3, -0.25) is 4.79 Å².